The number of benzene rings is 1. The maximum Gasteiger partial charge on any atom is 0.0431 e. The van der Waals surface area contributed by atoms with E-state index < -0.39 is 0 Å². The van der Waals surface area contributed by atoms with E-state index in [0.717, 1.165) is 10.9 Å². The minimum absolute atomic E-state index is 0.0911. The van der Waals surface area contributed by atoms with Crippen molar-refractivity contribution in [2.75, 3.05) is 0 Å². The molecule has 1 heterocycles. The molecule has 2 rings (SSSR count). The molecule has 0 bridgehead atoms. The van der Waals surface area contributed by atoms with Crippen molar-refractivity contribution in [2.45, 2.75) is 26.3 Å². The average molecular weight is 310 g/mol. The molecule has 1 nitrogen and oxygen atoms in total. The van der Waals surface area contributed by atoms with E-state index in [1.54, 1.807) is 11.3 Å². The first kappa shape index (κ1) is 12.8. The lowest BCUT2D eigenvalue weighted by Crippen LogP contribution is -2.11. The van der Waals surface area contributed by atoms with E-state index in [4.69, 9.17) is 5.73 Å². The molecule has 0 aliphatic heterocycles. The average Bonchev–Trinajstić information content (AvgIpc) is 2.70. The quantitative estimate of drug-likeness (QED) is 0.895. The summed E-state index contributed by atoms with van der Waals surface area (Å²) in [6.45, 7) is 4.28. The van der Waals surface area contributed by atoms with Gasteiger partial charge in [0.25, 0.3) is 0 Å². The Morgan fingerprint density at radius 2 is 2.00 bits per heavy atom. The van der Waals surface area contributed by atoms with Gasteiger partial charge in [0.05, 0.1) is 0 Å². The molecule has 1 unspecified atom stereocenters. The lowest BCUT2D eigenvalue weighted by atomic mass is 10.0. The molecule has 0 fully saturated rings. The minimum atomic E-state index is 0.0911. The van der Waals surface area contributed by atoms with Crippen molar-refractivity contribution >= 4 is 27.3 Å². The molecule has 1 aromatic carbocycles. The van der Waals surface area contributed by atoms with E-state index in [2.05, 4.69) is 59.4 Å². The van der Waals surface area contributed by atoms with E-state index in [-0.39, 0.29) is 6.04 Å². The minimum Gasteiger partial charge on any atom is -0.323 e. The van der Waals surface area contributed by atoms with Crippen molar-refractivity contribution in [3.8, 4) is 0 Å². The van der Waals surface area contributed by atoms with Crippen LogP contribution in [-0.4, -0.2) is 0 Å². The molecule has 90 valence electrons. The normalized spacial score (nSPS) is 12.7. The van der Waals surface area contributed by atoms with E-state index in [0.29, 0.717) is 0 Å². The van der Waals surface area contributed by atoms with Crippen LogP contribution in [0.5, 0.6) is 0 Å². The van der Waals surface area contributed by atoms with Crippen LogP contribution in [-0.2, 0) is 6.42 Å². The third-order valence-electron chi connectivity index (χ3n) is 2.98. The molecule has 0 spiro atoms. The lowest BCUT2D eigenvalue weighted by Gasteiger charge is -2.11. The topological polar surface area (TPSA) is 26.0 Å². The summed E-state index contributed by atoms with van der Waals surface area (Å²) in [6.07, 6.45) is 0.897. The second kappa shape index (κ2) is 5.34. The Morgan fingerprint density at radius 3 is 2.59 bits per heavy atom. The van der Waals surface area contributed by atoms with Gasteiger partial charge in [-0.3, -0.25) is 0 Å². The fraction of sp³-hybridized carbons (Fsp3) is 0.286. The van der Waals surface area contributed by atoms with E-state index >= 15 is 0 Å². The molecule has 1 atom stereocenters. The molecular formula is C14H16BrNS. The first-order chi connectivity index (χ1) is 8.06. The van der Waals surface area contributed by atoms with E-state index in [1.165, 1.54) is 21.6 Å². The second-order valence-corrected chi connectivity index (χ2v) is 6.26. The number of hydrogen-bond donors (Lipinski definition) is 1. The summed E-state index contributed by atoms with van der Waals surface area (Å²) in [5, 5.41) is 2.08. The van der Waals surface area contributed by atoms with Crippen LogP contribution in [0, 0.1) is 13.8 Å². The molecule has 17 heavy (non-hydrogen) atoms. The van der Waals surface area contributed by atoms with Crippen molar-refractivity contribution in [3.05, 3.63) is 55.7 Å². The summed E-state index contributed by atoms with van der Waals surface area (Å²) >= 11 is 5.17. The van der Waals surface area contributed by atoms with Gasteiger partial charge in [-0.1, -0.05) is 18.2 Å². The highest BCUT2D eigenvalue weighted by Gasteiger charge is 2.09. The van der Waals surface area contributed by atoms with Crippen LogP contribution in [0.1, 0.15) is 27.6 Å². The molecule has 1 aromatic heterocycles. The van der Waals surface area contributed by atoms with Crippen molar-refractivity contribution in [1.82, 2.24) is 0 Å². The van der Waals surface area contributed by atoms with Crippen LogP contribution in [0.2, 0.25) is 0 Å². The summed E-state index contributed by atoms with van der Waals surface area (Å²) in [5.74, 6) is 0. The Hall–Kier alpha value is -0.640. The Kier molecular flexibility index (Phi) is 4.02. The standard InChI is InChI=1S/C14H16BrNS/c1-9-3-4-11(5-10(9)2)6-13(16)14-7-12(15)8-17-14/h3-5,7-8,13H,6,16H2,1-2H3. The van der Waals surface area contributed by atoms with Crippen LogP contribution < -0.4 is 5.73 Å². The maximum atomic E-state index is 6.22. The van der Waals surface area contributed by atoms with Gasteiger partial charge in [-0.15, -0.1) is 11.3 Å². The second-order valence-electron chi connectivity index (χ2n) is 4.40. The van der Waals surface area contributed by atoms with Gasteiger partial charge in [-0.25, -0.2) is 0 Å². The zero-order chi connectivity index (χ0) is 12.4. The Labute approximate surface area is 115 Å². The summed E-state index contributed by atoms with van der Waals surface area (Å²) in [6, 6.07) is 8.77. The summed E-state index contributed by atoms with van der Waals surface area (Å²) in [5.41, 5.74) is 10.2. The highest BCUT2D eigenvalue weighted by Crippen LogP contribution is 2.26. The van der Waals surface area contributed by atoms with Crippen molar-refractivity contribution in [1.29, 1.82) is 0 Å². The highest BCUT2D eigenvalue weighted by molar-refractivity contribution is 9.10. The van der Waals surface area contributed by atoms with Crippen LogP contribution in [0.25, 0.3) is 0 Å². The van der Waals surface area contributed by atoms with E-state index in [9.17, 15) is 0 Å². The third kappa shape index (κ3) is 3.18. The van der Waals surface area contributed by atoms with Crippen LogP contribution in [0.4, 0.5) is 0 Å². The molecule has 0 aliphatic rings. The SMILES string of the molecule is Cc1ccc(CC(N)c2cc(Br)cs2)cc1C. The number of halogens is 1. The molecule has 3 heteroatoms. The first-order valence-corrected chi connectivity index (χ1v) is 7.29. The van der Waals surface area contributed by atoms with Gasteiger partial charge in [0.1, 0.15) is 0 Å². The molecule has 2 N–H and O–H groups in total. The summed E-state index contributed by atoms with van der Waals surface area (Å²) in [4.78, 5) is 1.23. The third-order valence-corrected chi connectivity index (χ3v) is 4.81. The van der Waals surface area contributed by atoms with Crippen molar-refractivity contribution in [3.63, 3.8) is 0 Å². The molecule has 0 amide bonds. The smallest absolute Gasteiger partial charge is 0.0431 e. The van der Waals surface area contributed by atoms with Gasteiger partial charge < -0.3 is 5.73 Å². The number of rotatable bonds is 3. The fourth-order valence-electron chi connectivity index (χ4n) is 1.81. The molecular weight excluding hydrogens is 294 g/mol. The van der Waals surface area contributed by atoms with Crippen LogP contribution in [0.3, 0.4) is 0 Å². The zero-order valence-corrected chi connectivity index (χ0v) is 12.4. The maximum absolute atomic E-state index is 6.22. The molecule has 2 aromatic rings. The first-order valence-electron chi connectivity index (χ1n) is 5.62. The number of hydrogen-bond acceptors (Lipinski definition) is 2. The largest absolute Gasteiger partial charge is 0.323 e. The van der Waals surface area contributed by atoms with Crippen molar-refractivity contribution in [2.24, 2.45) is 5.73 Å². The van der Waals surface area contributed by atoms with Gasteiger partial charge in [0.15, 0.2) is 0 Å². The van der Waals surface area contributed by atoms with E-state index in [1.807, 2.05) is 0 Å². The predicted octanol–water partition coefficient (Wildman–Crippen LogP) is 4.37. The number of nitrogens with two attached hydrogens (primary N) is 1. The van der Waals surface area contributed by atoms with Crippen molar-refractivity contribution < 1.29 is 0 Å². The van der Waals surface area contributed by atoms with Gasteiger partial charge >= 0.3 is 0 Å². The summed E-state index contributed by atoms with van der Waals surface area (Å²) in [7, 11) is 0. The van der Waals surface area contributed by atoms with Gasteiger partial charge in [-0.05, 0) is 59.0 Å². The molecule has 0 saturated carbocycles. The fourth-order valence-corrected chi connectivity index (χ4v) is 3.26. The summed E-state index contributed by atoms with van der Waals surface area (Å²) < 4.78 is 1.12. The van der Waals surface area contributed by atoms with Gasteiger partial charge in [-0.2, -0.15) is 0 Å². The molecule has 0 radical (unpaired) electrons. The van der Waals surface area contributed by atoms with Crippen LogP contribution in [0.15, 0.2) is 34.1 Å². The van der Waals surface area contributed by atoms with Gasteiger partial charge in [0.2, 0.25) is 0 Å². The number of thiophene rings is 1. The van der Waals surface area contributed by atoms with Crippen LogP contribution >= 0.6 is 27.3 Å². The molecule has 0 aliphatic carbocycles. The van der Waals surface area contributed by atoms with Gasteiger partial charge in [0, 0.05) is 20.8 Å². The number of aryl methyl sites for hydroxylation is 2. The monoisotopic (exact) mass is 309 g/mol. The predicted molar refractivity (Wildman–Crippen MR) is 78.6 cm³/mol. The lowest BCUT2D eigenvalue weighted by molar-refractivity contribution is 0.735. The zero-order valence-electron chi connectivity index (χ0n) is 10.0. The Bertz CT molecular complexity index is 519. The highest BCUT2D eigenvalue weighted by atomic mass is 79.9. The Balaban J connectivity index is 2.12. The Morgan fingerprint density at radius 1 is 1.24 bits per heavy atom. The molecule has 0 saturated heterocycles.